The lowest BCUT2D eigenvalue weighted by Crippen LogP contribution is -2.56. The van der Waals surface area contributed by atoms with Crippen LogP contribution in [0.1, 0.15) is 19.8 Å². The smallest absolute Gasteiger partial charge is 0.328 e. The van der Waals surface area contributed by atoms with Crippen LogP contribution in [-0.4, -0.2) is 76.2 Å². The van der Waals surface area contributed by atoms with Gasteiger partial charge in [0, 0.05) is 24.6 Å². The summed E-state index contributed by atoms with van der Waals surface area (Å²) >= 11 is 1.53. The summed E-state index contributed by atoms with van der Waals surface area (Å²) in [5.74, 6) is -0.295. The average Bonchev–Trinajstić information content (AvgIpc) is 2.96. The van der Waals surface area contributed by atoms with E-state index in [0.29, 0.717) is 31.0 Å². The Bertz CT molecular complexity index is 431. The van der Waals surface area contributed by atoms with Gasteiger partial charge in [-0.15, -0.1) is 0 Å². The fraction of sp³-hybridized carbons (Fsp3) is 0.769. The van der Waals surface area contributed by atoms with Gasteiger partial charge in [-0.05, 0) is 19.8 Å². The molecule has 2 aliphatic heterocycles. The number of rotatable bonds is 3. The van der Waals surface area contributed by atoms with E-state index in [4.69, 9.17) is 4.74 Å². The molecule has 0 spiro atoms. The van der Waals surface area contributed by atoms with E-state index in [2.05, 4.69) is 0 Å². The van der Waals surface area contributed by atoms with Crippen molar-refractivity contribution in [2.24, 2.45) is 0 Å². The van der Waals surface area contributed by atoms with Crippen LogP contribution in [0.3, 0.4) is 0 Å². The average molecular weight is 316 g/mol. The largest absolute Gasteiger partial charge is 0.480 e. The van der Waals surface area contributed by atoms with Crippen LogP contribution >= 0.6 is 11.8 Å². The SMILES string of the molecule is CCOC(=O)C1CCCN1C(=O)N1CCSCC1C(=O)O. The molecule has 2 fully saturated rings. The van der Waals surface area contributed by atoms with Crippen LogP contribution in [0.2, 0.25) is 0 Å². The molecule has 2 amide bonds. The van der Waals surface area contributed by atoms with Crippen molar-refractivity contribution in [3.05, 3.63) is 0 Å². The Hall–Kier alpha value is -1.44. The van der Waals surface area contributed by atoms with Crippen molar-refractivity contribution >= 4 is 29.7 Å². The maximum absolute atomic E-state index is 12.6. The number of aliphatic carboxylic acids is 1. The molecule has 2 rings (SSSR count). The fourth-order valence-electron chi connectivity index (χ4n) is 2.68. The van der Waals surface area contributed by atoms with E-state index < -0.39 is 24.0 Å². The number of hydrogen-bond acceptors (Lipinski definition) is 5. The van der Waals surface area contributed by atoms with Gasteiger partial charge in [-0.25, -0.2) is 14.4 Å². The topological polar surface area (TPSA) is 87.2 Å². The summed E-state index contributed by atoms with van der Waals surface area (Å²) < 4.78 is 5.00. The van der Waals surface area contributed by atoms with Crippen LogP contribution in [0.5, 0.6) is 0 Å². The lowest BCUT2D eigenvalue weighted by molar-refractivity contribution is -0.147. The van der Waals surface area contributed by atoms with Gasteiger partial charge in [-0.1, -0.05) is 0 Å². The van der Waals surface area contributed by atoms with E-state index in [-0.39, 0.29) is 12.6 Å². The fourth-order valence-corrected chi connectivity index (χ4v) is 3.72. The third-order valence-corrected chi connectivity index (χ3v) is 4.74. The van der Waals surface area contributed by atoms with Gasteiger partial charge in [-0.2, -0.15) is 11.8 Å². The van der Waals surface area contributed by atoms with Gasteiger partial charge in [0.2, 0.25) is 0 Å². The Kier molecular flexibility index (Phi) is 5.33. The van der Waals surface area contributed by atoms with E-state index >= 15 is 0 Å². The first-order valence-electron chi connectivity index (χ1n) is 7.10. The highest BCUT2D eigenvalue weighted by Gasteiger charge is 2.41. The number of carboxylic acids is 1. The summed E-state index contributed by atoms with van der Waals surface area (Å²) in [6.07, 6.45) is 1.31. The second-order valence-corrected chi connectivity index (χ2v) is 6.16. The minimum Gasteiger partial charge on any atom is -0.480 e. The van der Waals surface area contributed by atoms with Crippen LogP contribution in [-0.2, 0) is 14.3 Å². The molecule has 2 atom stereocenters. The summed E-state index contributed by atoms with van der Waals surface area (Å²) in [5.41, 5.74) is 0. The molecule has 2 aliphatic rings. The van der Waals surface area contributed by atoms with Crippen molar-refractivity contribution in [3.63, 3.8) is 0 Å². The van der Waals surface area contributed by atoms with E-state index in [1.54, 1.807) is 6.92 Å². The molecule has 0 aliphatic carbocycles. The molecule has 1 N–H and O–H groups in total. The van der Waals surface area contributed by atoms with Gasteiger partial charge in [-0.3, -0.25) is 0 Å². The molecular weight excluding hydrogens is 296 g/mol. The summed E-state index contributed by atoms with van der Waals surface area (Å²) in [4.78, 5) is 38.6. The highest BCUT2D eigenvalue weighted by Crippen LogP contribution is 2.24. The highest BCUT2D eigenvalue weighted by molar-refractivity contribution is 7.99. The quantitative estimate of drug-likeness (QED) is 0.769. The predicted octanol–water partition coefficient (Wildman–Crippen LogP) is 0.636. The number of nitrogens with zero attached hydrogens (tertiary/aromatic N) is 2. The Morgan fingerprint density at radius 2 is 1.95 bits per heavy atom. The van der Waals surface area contributed by atoms with Crippen molar-refractivity contribution in [1.29, 1.82) is 0 Å². The summed E-state index contributed by atoms with van der Waals surface area (Å²) in [5, 5.41) is 9.24. The molecular formula is C13H20N2O5S. The molecule has 8 heteroatoms. The van der Waals surface area contributed by atoms with Crippen LogP contribution < -0.4 is 0 Å². The molecule has 2 unspecified atom stereocenters. The number of urea groups is 1. The van der Waals surface area contributed by atoms with E-state index in [1.807, 2.05) is 0 Å². The molecule has 21 heavy (non-hydrogen) atoms. The van der Waals surface area contributed by atoms with E-state index in [9.17, 15) is 19.5 Å². The van der Waals surface area contributed by atoms with Gasteiger partial charge < -0.3 is 19.6 Å². The first-order chi connectivity index (χ1) is 10.1. The molecule has 0 aromatic rings. The third kappa shape index (κ3) is 3.42. The Morgan fingerprint density at radius 3 is 2.62 bits per heavy atom. The molecule has 0 aromatic heterocycles. The monoisotopic (exact) mass is 316 g/mol. The number of hydrogen-bond donors (Lipinski definition) is 1. The van der Waals surface area contributed by atoms with Crippen LogP contribution in [0.15, 0.2) is 0 Å². The Labute approximate surface area is 127 Å². The van der Waals surface area contributed by atoms with Crippen LogP contribution in [0, 0.1) is 0 Å². The maximum Gasteiger partial charge on any atom is 0.328 e. The molecule has 0 bridgehead atoms. The van der Waals surface area contributed by atoms with Gasteiger partial charge in [0.15, 0.2) is 0 Å². The van der Waals surface area contributed by atoms with Gasteiger partial charge in [0.25, 0.3) is 0 Å². The Morgan fingerprint density at radius 1 is 1.24 bits per heavy atom. The lowest BCUT2D eigenvalue weighted by atomic mass is 10.2. The minimum absolute atomic E-state index is 0.273. The van der Waals surface area contributed by atoms with Crippen molar-refractivity contribution in [1.82, 2.24) is 9.80 Å². The van der Waals surface area contributed by atoms with E-state index in [0.717, 1.165) is 6.42 Å². The first-order valence-corrected chi connectivity index (χ1v) is 8.26. The number of thioether (sulfide) groups is 1. The number of amides is 2. The number of ether oxygens (including phenoxy) is 1. The third-order valence-electron chi connectivity index (χ3n) is 3.72. The van der Waals surface area contributed by atoms with Crippen molar-refractivity contribution < 1.29 is 24.2 Å². The molecule has 2 heterocycles. The number of carboxylic acid groups (broad SMARTS) is 1. The molecule has 0 radical (unpaired) electrons. The van der Waals surface area contributed by atoms with Crippen molar-refractivity contribution in [2.75, 3.05) is 31.2 Å². The van der Waals surface area contributed by atoms with Crippen molar-refractivity contribution in [3.8, 4) is 0 Å². The highest BCUT2D eigenvalue weighted by atomic mass is 32.2. The summed E-state index contributed by atoms with van der Waals surface area (Å²) in [6, 6.07) is -1.76. The molecule has 0 saturated carbocycles. The number of carbonyl (C=O) groups excluding carboxylic acids is 2. The molecule has 0 aromatic carbocycles. The van der Waals surface area contributed by atoms with Crippen LogP contribution in [0.25, 0.3) is 0 Å². The number of esters is 1. The molecule has 118 valence electrons. The number of likely N-dealkylation sites (tertiary alicyclic amines) is 1. The van der Waals surface area contributed by atoms with E-state index in [1.165, 1.54) is 21.6 Å². The van der Waals surface area contributed by atoms with Gasteiger partial charge in [0.1, 0.15) is 12.1 Å². The zero-order valence-electron chi connectivity index (χ0n) is 12.0. The first kappa shape index (κ1) is 15.9. The lowest BCUT2D eigenvalue weighted by Gasteiger charge is -2.36. The van der Waals surface area contributed by atoms with Crippen molar-refractivity contribution in [2.45, 2.75) is 31.8 Å². The second-order valence-electron chi connectivity index (χ2n) is 5.01. The van der Waals surface area contributed by atoms with Gasteiger partial charge >= 0.3 is 18.0 Å². The predicted molar refractivity (Wildman–Crippen MR) is 77.2 cm³/mol. The normalized spacial score (nSPS) is 25.8. The number of carbonyl (C=O) groups is 3. The van der Waals surface area contributed by atoms with Gasteiger partial charge in [0.05, 0.1) is 6.61 Å². The van der Waals surface area contributed by atoms with Crippen LogP contribution in [0.4, 0.5) is 4.79 Å². The zero-order valence-corrected chi connectivity index (χ0v) is 12.8. The maximum atomic E-state index is 12.6. The standard InChI is InChI=1S/C13H20N2O5S/c1-2-20-12(18)9-4-3-5-14(9)13(19)15-6-7-21-8-10(15)11(16)17/h9-10H,2-8H2,1H3,(H,16,17). The summed E-state index contributed by atoms with van der Waals surface area (Å²) in [6.45, 7) is 2.86. The zero-order chi connectivity index (χ0) is 15.4. The Balaban J connectivity index is 2.10. The second kappa shape index (κ2) is 7.02. The molecule has 7 nitrogen and oxygen atoms in total. The molecule has 2 saturated heterocycles. The minimum atomic E-state index is -0.998. The summed E-state index contributed by atoms with van der Waals surface area (Å²) in [7, 11) is 0.